The first-order valence-electron chi connectivity index (χ1n) is 9.46. The Morgan fingerprint density at radius 2 is 1.73 bits per heavy atom. The van der Waals surface area contributed by atoms with Crippen LogP contribution in [0.4, 0.5) is 19.0 Å². The van der Waals surface area contributed by atoms with Crippen LogP contribution in [0.5, 0.6) is 5.88 Å². The molecule has 0 amide bonds. The van der Waals surface area contributed by atoms with Crippen molar-refractivity contribution in [2.45, 2.75) is 23.0 Å². The Hall–Kier alpha value is -3.42. The summed E-state index contributed by atoms with van der Waals surface area (Å²) in [6.45, 7) is 0. The molecule has 1 aromatic heterocycles. The van der Waals surface area contributed by atoms with Crippen molar-refractivity contribution in [1.29, 1.82) is 5.26 Å². The highest BCUT2D eigenvalue weighted by Crippen LogP contribution is 2.44. The molecule has 0 aliphatic carbocycles. The smallest absolute Gasteiger partial charge is 0.416 e. The average Bonchev–Trinajstić information content (AvgIpc) is 2.77. The Labute approximate surface area is 196 Å². The first-order valence-corrected chi connectivity index (χ1v) is 10.8. The number of nitriles is 1. The number of halogens is 4. The molecule has 1 aliphatic heterocycles. The number of aromatic nitrogens is 2. The average molecular weight is 490 g/mol. The summed E-state index contributed by atoms with van der Waals surface area (Å²) in [5.74, 6) is -0.420. The van der Waals surface area contributed by atoms with Crippen LogP contribution in [-0.4, -0.2) is 9.97 Å². The summed E-state index contributed by atoms with van der Waals surface area (Å²) in [4.78, 5) is 8.69. The van der Waals surface area contributed by atoms with Crippen LogP contribution >= 0.6 is 23.4 Å². The summed E-state index contributed by atoms with van der Waals surface area (Å²) in [6.07, 6.45) is -4.49. The van der Waals surface area contributed by atoms with Crippen LogP contribution in [0.3, 0.4) is 0 Å². The van der Waals surface area contributed by atoms with Gasteiger partial charge < -0.3 is 16.2 Å². The van der Waals surface area contributed by atoms with E-state index in [9.17, 15) is 18.4 Å². The number of ether oxygens (including phenoxy) is 1. The number of anilines is 1. The molecule has 33 heavy (non-hydrogen) atoms. The Morgan fingerprint density at radius 1 is 1.06 bits per heavy atom. The Bertz CT molecular complexity index is 1270. The molecule has 0 saturated heterocycles. The van der Waals surface area contributed by atoms with Gasteiger partial charge in [-0.15, -0.1) is 0 Å². The number of nitrogens with two attached hydrogens (primary N) is 2. The number of nitrogens with zero attached hydrogens (tertiary/aromatic N) is 3. The molecule has 4 rings (SSSR count). The van der Waals surface area contributed by atoms with Crippen LogP contribution < -0.4 is 16.2 Å². The van der Waals surface area contributed by atoms with Crippen molar-refractivity contribution in [3.05, 3.63) is 87.3 Å². The maximum absolute atomic E-state index is 13.0. The van der Waals surface area contributed by atoms with E-state index in [1.54, 1.807) is 12.1 Å². The van der Waals surface area contributed by atoms with Crippen LogP contribution in [-0.2, 0) is 11.9 Å². The second-order valence-electron chi connectivity index (χ2n) is 7.07. The Morgan fingerprint density at radius 3 is 2.33 bits per heavy atom. The number of rotatable bonds is 4. The van der Waals surface area contributed by atoms with Gasteiger partial charge in [-0.3, -0.25) is 0 Å². The zero-order valence-corrected chi connectivity index (χ0v) is 18.3. The van der Waals surface area contributed by atoms with Gasteiger partial charge in [-0.1, -0.05) is 47.6 Å². The molecule has 0 bridgehead atoms. The largest absolute Gasteiger partial charge is 0.422 e. The van der Waals surface area contributed by atoms with Crippen LogP contribution in [0, 0.1) is 11.3 Å². The molecule has 11 heteroatoms. The van der Waals surface area contributed by atoms with Gasteiger partial charge >= 0.3 is 6.18 Å². The summed E-state index contributed by atoms with van der Waals surface area (Å²) in [6, 6.07) is 13.7. The second kappa shape index (κ2) is 8.84. The predicted octanol–water partition coefficient (Wildman–Crippen LogP) is 5.24. The lowest BCUT2D eigenvalue weighted by Crippen LogP contribution is -2.24. The number of nitrogen functional groups attached to an aromatic ring is 1. The zero-order chi connectivity index (χ0) is 23.8. The molecule has 1 atom stereocenters. The van der Waals surface area contributed by atoms with Gasteiger partial charge in [0.05, 0.1) is 17.0 Å². The van der Waals surface area contributed by atoms with Gasteiger partial charge in [-0.25, -0.2) is 4.98 Å². The summed E-state index contributed by atoms with van der Waals surface area (Å²) in [5.41, 5.74) is 13.0. The number of thioether (sulfide) groups is 1. The highest BCUT2D eigenvalue weighted by Gasteiger charge is 2.36. The van der Waals surface area contributed by atoms with Crippen LogP contribution in [0.25, 0.3) is 0 Å². The Balaban J connectivity index is 1.70. The lowest BCUT2D eigenvalue weighted by Gasteiger charge is -2.26. The van der Waals surface area contributed by atoms with Crippen LogP contribution in [0.2, 0.25) is 5.02 Å². The van der Waals surface area contributed by atoms with E-state index < -0.39 is 17.7 Å². The molecule has 0 spiro atoms. The quantitative estimate of drug-likeness (QED) is 0.380. The molecule has 0 saturated carbocycles. The van der Waals surface area contributed by atoms with Crippen molar-refractivity contribution in [1.82, 2.24) is 9.97 Å². The fraction of sp³-hybridized carbons (Fsp3) is 0.136. The van der Waals surface area contributed by atoms with Crippen molar-refractivity contribution in [3.8, 4) is 11.9 Å². The molecule has 6 nitrogen and oxygen atoms in total. The lowest BCUT2D eigenvalue weighted by molar-refractivity contribution is -0.137. The van der Waals surface area contributed by atoms with Crippen molar-refractivity contribution >= 4 is 29.2 Å². The van der Waals surface area contributed by atoms with Gasteiger partial charge in [0.2, 0.25) is 11.8 Å². The van der Waals surface area contributed by atoms with E-state index in [1.165, 1.54) is 23.9 Å². The lowest BCUT2D eigenvalue weighted by atomic mass is 9.84. The topological polar surface area (TPSA) is 111 Å². The number of fused-ring (bicyclic) bond motifs is 1. The molecule has 0 unspecified atom stereocenters. The van der Waals surface area contributed by atoms with Crippen molar-refractivity contribution in [2.24, 2.45) is 5.73 Å². The minimum Gasteiger partial charge on any atom is -0.422 e. The van der Waals surface area contributed by atoms with Gasteiger partial charge in [0, 0.05) is 10.8 Å². The molecule has 0 fully saturated rings. The second-order valence-corrected chi connectivity index (χ2v) is 8.45. The third-order valence-electron chi connectivity index (χ3n) is 4.94. The molecule has 2 aromatic carbocycles. The van der Waals surface area contributed by atoms with E-state index in [0.717, 1.165) is 17.7 Å². The molecule has 168 valence electrons. The van der Waals surface area contributed by atoms with Gasteiger partial charge in [0.25, 0.3) is 0 Å². The highest BCUT2D eigenvalue weighted by atomic mass is 35.5. The van der Waals surface area contributed by atoms with E-state index in [0.29, 0.717) is 21.5 Å². The zero-order valence-electron chi connectivity index (χ0n) is 16.7. The fourth-order valence-corrected chi connectivity index (χ4v) is 4.27. The van der Waals surface area contributed by atoms with Crippen molar-refractivity contribution in [2.75, 3.05) is 5.73 Å². The monoisotopic (exact) mass is 489 g/mol. The minimum atomic E-state index is -4.49. The molecule has 1 aliphatic rings. The van der Waals surface area contributed by atoms with Gasteiger partial charge in [0.15, 0.2) is 5.16 Å². The van der Waals surface area contributed by atoms with E-state index >= 15 is 0 Å². The summed E-state index contributed by atoms with van der Waals surface area (Å²) in [7, 11) is 0. The maximum atomic E-state index is 13.0. The summed E-state index contributed by atoms with van der Waals surface area (Å²) >= 11 is 7.21. The summed E-state index contributed by atoms with van der Waals surface area (Å²) in [5, 5.41) is 10.6. The standard InChI is InChI=1S/C22H15ClF3N5OS/c23-14-7-1-11(2-8-14)10-33-21-30-18(28)17-16(15(9-27)19(29)32-20(17)31-21)12-3-5-13(6-4-12)22(24,25)26/h1-8,16H,10,29H2,(H2,28,30,31)/t16-/m1/s1. The SMILES string of the molecule is N#CC1=C(N)Oc2nc(SCc3ccc(Cl)cc3)nc(N)c2[C@@H]1c1ccc(C(F)(F)F)cc1. The van der Waals surface area contributed by atoms with Gasteiger partial charge in [-0.05, 0) is 35.4 Å². The molecular formula is C22H15ClF3N5OS. The van der Waals surface area contributed by atoms with Gasteiger partial charge in [-0.2, -0.15) is 23.4 Å². The fourth-order valence-electron chi connectivity index (χ4n) is 3.35. The number of alkyl halides is 3. The first kappa shape index (κ1) is 22.8. The normalized spacial score (nSPS) is 15.5. The summed E-state index contributed by atoms with van der Waals surface area (Å²) < 4.78 is 44.5. The minimum absolute atomic E-state index is 0.0131. The first-order chi connectivity index (χ1) is 15.7. The highest BCUT2D eigenvalue weighted by molar-refractivity contribution is 7.98. The number of allylic oxidation sites excluding steroid dienone is 1. The van der Waals surface area contributed by atoms with Crippen LogP contribution in [0.1, 0.15) is 28.2 Å². The predicted molar refractivity (Wildman–Crippen MR) is 118 cm³/mol. The third kappa shape index (κ3) is 4.69. The number of hydrogen-bond donors (Lipinski definition) is 2. The van der Waals surface area contributed by atoms with Gasteiger partial charge in [0.1, 0.15) is 17.5 Å². The molecule has 0 radical (unpaired) electrons. The van der Waals surface area contributed by atoms with Crippen LogP contribution in [0.15, 0.2) is 65.1 Å². The third-order valence-corrected chi connectivity index (χ3v) is 6.11. The number of hydrogen-bond acceptors (Lipinski definition) is 7. The van der Waals surface area contributed by atoms with Crippen molar-refractivity contribution < 1.29 is 17.9 Å². The Kier molecular flexibility index (Phi) is 6.10. The number of benzene rings is 2. The van der Waals surface area contributed by atoms with E-state index in [2.05, 4.69) is 9.97 Å². The molecular weight excluding hydrogens is 475 g/mol. The molecule has 4 N–H and O–H groups in total. The maximum Gasteiger partial charge on any atom is 0.416 e. The molecule has 3 aromatic rings. The van der Waals surface area contributed by atoms with Crippen molar-refractivity contribution in [3.63, 3.8) is 0 Å². The van der Waals surface area contributed by atoms with E-state index in [4.69, 9.17) is 27.8 Å². The van der Waals surface area contributed by atoms with E-state index in [-0.39, 0.29) is 28.7 Å². The molecule has 2 heterocycles. The van der Waals surface area contributed by atoms with E-state index in [1.807, 2.05) is 18.2 Å².